The molecule has 2 N–H and O–H groups in total. The number of rotatable bonds is 6. The summed E-state index contributed by atoms with van der Waals surface area (Å²) in [5.41, 5.74) is 3.52. The van der Waals surface area contributed by atoms with E-state index in [1.54, 1.807) is 12.1 Å². The third-order valence-corrected chi connectivity index (χ3v) is 6.56. The first kappa shape index (κ1) is 24.9. The quantitative estimate of drug-likeness (QED) is 0.493. The summed E-state index contributed by atoms with van der Waals surface area (Å²) in [6.45, 7) is 6.13. The molecule has 2 aliphatic rings. The summed E-state index contributed by atoms with van der Waals surface area (Å²) in [5, 5.41) is 6.15. The normalized spacial score (nSPS) is 17.6. The second-order valence-corrected chi connectivity index (χ2v) is 8.97. The second kappa shape index (κ2) is 12.5. The van der Waals surface area contributed by atoms with Crippen molar-refractivity contribution in [1.82, 2.24) is 15.5 Å². The Morgan fingerprint density at radius 3 is 2.23 bits per heavy atom. The van der Waals surface area contributed by atoms with Crippen LogP contribution in [0.5, 0.6) is 0 Å². The van der Waals surface area contributed by atoms with Crippen LogP contribution in [0.2, 0.25) is 0 Å². The summed E-state index contributed by atoms with van der Waals surface area (Å²) in [5.74, 6) is 5.73. The maximum Gasteiger partial charge on any atom is 0.328 e. The molecule has 2 aliphatic heterocycles. The number of carbonyl (C=O) groups is 2. The Morgan fingerprint density at radius 2 is 1.63 bits per heavy atom. The number of morpholine rings is 1. The summed E-state index contributed by atoms with van der Waals surface area (Å²) in [7, 11) is 1.35. The molecule has 1 atom stereocenters. The molecule has 0 spiro atoms. The van der Waals surface area contributed by atoms with Crippen LogP contribution in [-0.2, 0) is 20.8 Å². The first-order valence-corrected chi connectivity index (χ1v) is 12.2. The highest BCUT2D eigenvalue weighted by Gasteiger charge is 2.31. The number of amides is 1. The van der Waals surface area contributed by atoms with Gasteiger partial charge in [-0.15, -0.1) is 0 Å². The highest BCUT2D eigenvalue weighted by atomic mass is 16.5. The topological polar surface area (TPSA) is 79.9 Å². The van der Waals surface area contributed by atoms with Crippen molar-refractivity contribution >= 4 is 11.9 Å². The van der Waals surface area contributed by atoms with Crippen molar-refractivity contribution in [2.24, 2.45) is 5.92 Å². The number of esters is 1. The van der Waals surface area contributed by atoms with Gasteiger partial charge in [-0.25, -0.2) is 4.79 Å². The molecule has 2 fully saturated rings. The monoisotopic (exact) mass is 475 g/mol. The van der Waals surface area contributed by atoms with Crippen molar-refractivity contribution in [3.05, 3.63) is 70.8 Å². The van der Waals surface area contributed by atoms with Crippen LogP contribution in [-0.4, -0.2) is 69.3 Å². The summed E-state index contributed by atoms with van der Waals surface area (Å²) in [6, 6.07) is 14.8. The Labute approximate surface area is 207 Å². The Hall–Kier alpha value is -3.18. The average Bonchev–Trinajstić information content (AvgIpc) is 2.92. The Balaban J connectivity index is 1.34. The van der Waals surface area contributed by atoms with Crippen LogP contribution in [0.3, 0.4) is 0 Å². The van der Waals surface area contributed by atoms with Crippen LogP contribution in [0.15, 0.2) is 48.5 Å². The summed E-state index contributed by atoms with van der Waals surface area (Å²) >= 11 is 0. The van der Waals surface area contributed by atoms with Crippen LogP contribution in [0.1, 0.15) is 39.9 Å². The third-order valence-electron chi connectivity index (χ3n) is 6.56. The minimum Gasteiger partial charge on any atom is -0.467 e. The number of piperidine rings is 1. The van der Waals surface area contributed by atoms with Gasteiger partial charge in [-0.3, -0.25) is 9.69 Å². The molecule has 0 unspecified atom stereocenters. The number of carbonyl (C=O) groups excluding carboxylic acids is 2. The van der Waals surface area contributed by atoms with Crippen molar-refractivity contribution in [3.63, 3.8) is 0 Å². The standard InChI is InChI=1S/C28H33N3O4/c1-34-28(33)26(24-12-14-29-15-13-24)30-27(32)25-10-8-22(9-11-25)3-2-21-4-6-23(7-5-21)20-31-16-18-35-19-17-31/h4-11,24,26,29H,12-20H2,1H3,(H,30,32)/t26-/m0/s1. The summed E-state index contributed by atoms with van der Waals surface area (Å²) in [6.07, 6.45) is 1.64. The van der Waals surface area contributed by atoms with Gasteiger partial charge in [0, 0.05) is 36.3 Å². The molecule has 4 rings (SSSR count). The van der Waals surface area contributed by atoms with Gasteiger partial charge in [0.2, 0.25) is 0 Å². The fraction of sp³-hybridized carbons (Fsp3) is 0.429. The molecule has 2 aromatic rings. The lowest BCUT2D eigenvalue weighted by Gasteiger charge is -2.29. The summed E-state index contributed by atoms with van der Waals surface area (Å²) in [4.78, 5) is 27.5. The van der Waals surface area contributed by atoms with Gasteiger partial charge in [-0.2, -0.15) is 0 Å². The lowest BCUT2D eigenvalue weighted by atomic mass is 9.90. The molecule has 0 aliphatic carbocycles. The molecule has 184 valence electrons. The van der Waals surface area contributed by atoms with Crippen LogP contribution < -0.4 is 10.6 Å². The molecule has 2 saturated heterocycles. The Bertz CT molecular complexity index is 1040. The lowest BCUT2D eigenvalue weighted by molar-refractivity contribution is -0.144. The second-order valence-electron chi connectivity index (χ2n) is 8.97. The average molecular weight is 476 g/mol. The number of ether oxygens (including phenoxy) is 2. The van der Waals surface area contributed by atoms with E-state index >= 15 is 0 Å². The van der Waals surface area contributed by atoms with E-state index < -0.39 is 12.0 Å². The fourth-order valence-corrected chi connectivity index (χ4v) is 4.46. The van der Waals surface area contributed by atoms with Crippen molar-refractivity contribution in [1.29, 1.82) is 0 Å². The first-order valence-electron chi connectivity index (χ1n) is 12.2. The van der Waals surface area contributed by atoms with Crippen molar-refractivity contribution in [3.8, 4) is 11.8 Å². The number of methoxy groups -OCH3 is 1. The Kier molecular flexibility index (Phi) is 8.90. The molecule has 7 heteroatoms. The van der Waals surface area contributed by atoms with E-state index in [0.29, 0.717) is 5.56 Å². The first-order chi connectivity index (χ1) is 17.1. The van der Waals surface area contributed by atoms with Crippen LogP contribution in [0.25, 0.3) is 0 Å². The zero-order valence-electron chi connectivity index (χ0n) is 20.2. The minimum absolute atomic E-state index is 0.0676. The molecular formula is C28H33N3O4. The van der Waals surface area contributed by atoms with Gasteiger partial charge >= 0.3 is 5.97 Å². The smallest absolute Gasteiger partial charge is 0.328 e. The van der Waals surface area contributed by atoms with E-state index in [1.165, 1.54) is 12.7 Å². The van der Waals surface area contributed by atoms with Gasteiger partial charge in [0.25, 0.3) is 5.91 Å². The Morgan fingerprint density at radius 1 is 1.03 bits per heavy atom. The number of hydrogen-bond acceptors (Lipinski definition) is 6. The SMILES string of the molecule is COC(=O)[C@@H](NC(=O)c1ccc(C#Cc2ccc(CN3CCOCC3)cc2)cc1)C1CCNCC1. The van der Waals surface area contributed by atoms with Gasteiger partial charge in [-0.1, -0.05) is 24.0 Å². The fourth-order valence-electron chi connectivity index (χ4n) is 4.46. The zero-order valence-corrected chi connectivity index (χ0v) is 20.2. The molecule has 0 bridgehead atoms. The van der Waals surface area contributed by atoms with E-state index in [9.17, 15) is 9.59 Å². The molecule has 2 aromatic carbocycles. The number of hydrogen-bond donors (Lipinski definition) is 2. The molecule has 7 nitrogen and oxygen atoms in total. The number of nitrogens with one attached hydrogen (secondary N) is 2. The molecule has 0 radical (unpaired) electrons. The molecule has 35 heavy (non-hydrogen) atoms. The number of benzene rings is 2. The van der Waals surface area contributed by atoms with Crippen molar-refractivity contribution < 1.29 is 19.1 Å². The molecule has 1 amide bonds. The van der Waals surface area contributed by atoms with Crippen molar-refractivity contribution in [2.75, 3.05) is 46.5 Å². The minimum atomic E-state index is -0.639. The van der Waals surface area contributed by atoms with Crippen LogP contribution >= 0.6 is 0 Å². The predicted molar refractivity (Wildman–Crippen MR) is 134 cm³/mol. The van der Waals surface area contributed by atoms with Gasteiger partial charge in [0.05, 0.1) is 20.3 Å². The van der Waals surface area contributed by atoms with Gasteiger partial charge in [-0.05, 0) is 73.8 Å². The maximum absolute atomic E-state index is 12.8. The highest BCUT2D eigenvalue weighted by molar-refractivity contribution is 5.97. The highest BCUT2D eigenvalue weighted by Crippen LogP contribution is 2.18. The molecular weight excluding hydrogens is 442 g/mol. The van der Waals surface area contributed by atoms with E-state index in [4.69, 9.17) is 9.47 Å². The van der Waals surface area contributed by atoms with Crippen molar-refractivity contribution in [2.45, 2.75) is 25.4 Å². The third kappa shape index (κ3) is 7.15. The van der Waals surface area contributed by atoms with Gasteiger partial charge in [0.15, 0.2) is 0 Å². The zero-order chi connectivity index (χ0) is 24.5. The predicted octanol–water partition coefficient (Wildman–Crippen LogP) is 2.19. The maximum atomic E-state index is 12.8. The van der Waals surface area contributed by atoms with Gasteiger partial charge < -0.3 is 20.1 Å². The van der Waals surface area contributed by atoms with E-state index in [2.05, 4.69) is 39.5 Å². The molecule has 0 saturated carbocycles. The molecule has 2 heterocycles. The largest absolute Gasteiger partial charge is 0.467 e. The van der Waals surface area contributed by atoms with Gasteiger partial charge in [0.1, 0.15) is 6.04 Å². The van der Waals surface area contributed by atoms with Crippen LogP contribution in [0, 0.1) is 17.8 Å². The van der Waals surface area contributed by atoms with Crippen LogP contribution in [0.4, 0.5) is 0 Å². The van der Waals surface area contributed by atoms with E-state index in [0.717, 1.165) is 69.9 Å². The van der Waals surface area contributed by atoms with E-state index in [1.807, 2.05) is 24.3 Å². The lowest BCUT2D eigenvalue weighted by Crippen LogP contribution is -2.49. The summed E-state index contributed by atoms with van der Waals surface area (Å²) < 4.78 is 10.3. The van der Waals surface area contributed by atoms with E-state index in [-0.39, 0.29) is 11.8 Å². The molecule has 0 aromatic heterocycles. The number of nitrogens with zero attached hydrogens (tertiary/aromatic N) is 1.